The third-order valence-corrected chi connectivity index (χ3v) is 1.84. The molecular weight excluding hydrogens is 176 g/mol. The highest BCUT2D eigenvalue weighted by molar-refractivity contribution is 6.42. The monoisotopic (exact) mass is 189 g/mol. The lowest BCUT2D eigenvalue weighted by Gasteiger charge is -2.13. The Kier molecular flexibility index (Phi) is 3.31. The topological polar surface area (TPSA) is 9.23 Å². The normalized spacial score (nSPS) is 10.2. The van der Waals surface area contributed by atoms with Gasteiger partial charge in [0.25, 0.3) is 0 Å². The highest BCUT2D eigenvalue weighted by Crippen LogP contribution is 2.23. The quantitative estimate of drug-likeness (QED) is 0.664. The van der Waals surface area contributed by atoms with Crippen LogP contribution in [0.15, 0.2) is 30.8 Å². The molecule has 0 amide bonds. The van der Waals surface area contributed by atoms with Crippen LogP contribution in [-0.2, 0) is 0 Å². The number of benzene rings is 1. The lowest BCUT2D eigenvalue weighted by Crippen LogP contribution is -2.07. The molecule has 1 nitrogen and oxygen atoms in total. The molecule has 0 saturated carbocycles. The van der Waals surface area contributed by atoms with Gasteiger partial charge in [0.15, 0.2) is 0 Å². The van der Waals surface area contributed by atoms with Gasteiger partial charge in [-0.05, 0) is 19.9 Å². The van der Waals surface area contributed by atoms with E-state index in [1.54, 1.807) is 0 Å². The van der Waals surface area contributed by atoms with Crippen molar-refractivity contribution in [2.45, 2.75) is 20.0 Å². The molecule has 1 aromatic carbocycles. The maximum atomic E-state index is 5.61. The molecule has 0 aliphatic rings. The average Bonchev–Trinajstić information content (AvgIpc) is 2.03. The highest BCUT2D eigenvalue weighted by Gasteiger charge is 2.04. The lowest BCUT2D eigenvalue weighted by molar-refractivity contribution is 0.242. The van der Waals surface area contributed by atoms with E-state index < -0.39 is 0 Å². The van der Waals surface area contributed by atoms with Crippen molar-refractivity contribution in [3.8, 4) is 5.75 Å². The molecule has 3 radical (unpaired) electrons. The molecule has 0 aliphatic heterocycles. The van der Waals surface area contributed by atoms with Crippen LogP contribution < -0.4 is 4.74 Å². The third kappa shape index (κ3) is 2.74. The van der Waals surface area contributed by atoms with Crippen molar-refractivity contribution >= 4 is 15.4 Å². The zero-order valence-corrected chi connectivity index (χ0v) is 9.00. The minimum atomic E-state index is 0.187. The number of para-hydroxylation sites is 1. The second-order valence-electron chi connectivity index (χ2n) is 3.14. The van der Waals surface area contributed by atoms with E-state index in [0.29, 0.717) is 0 Å². The Morgan fingerprint density at radius 2 is 2.00 bits per heavy atom. The van der Waals surface area contributed by atoms with E-state index in [2.05, 4.69) is 16.8 Å². The van der Waals surface area contributed by atoms with E-state index in [4.69, 9.17) is 4.74 Å². The molecule has 13 heavy (non-hydrogen) atoms. The third-order valence-electron chi connectivity index (χ3n) is 1.57. The fraction of sp³-hybridized carbons (Fsp3) is 0.273. The van der Waals surface area contributed by atoms with Gasteiger partial charge < -0.3 is 4.74 Å². The molecule has 0 aliphatic carbocycles. The largest absolute Gasteiger partial charge is 0.490 e. The molecule has 67 valence electrons. The number of rotatable bonds is 3. The van der Waals surface area contributed by atoms with Gasteiger partial charge in [0, 0.05) is 5.56 Å². The van der Waals surface area contributed by atoms with E-state index in [-0.39, 0.29) is 6.10 Å². The first-order valence-electron chi connectivity index (χ1n) is 4.28. The Morgan fingerprint density at radius 3 is 2.54 bits per heavy atom. The smallest absolute Gasteiger partial charge is 0.126 e. The van der Waals surface area contributed by atoms with Gasteiger partial charge in [0.2, 0.25) is 0 Å². The zero-order valence-electron chi connectivity index (χ0n) is 8.00. The summed E-state index contributed by atoms with van der Waals surface area (Å²) in [4.78, 5) is 0. The second-order valence-corrected chi connectivity index (χ2v) is 3.74. The molecule has 0 N–H and O–H groups in total. The SMILES string of the molecule is C=C([Si])c1ccccc1OC(C)C. The van der Waals surface area contributed by atoms with Crippen molar-refractivity contribution in [3.05, 3.63) is 36.4 Å². The first-order valence-corrected chi connectivity index (χ1v) is 4.78. The van der Waals surface area contributed by atoms with Crippen molar-refractivity contribution in [3.63, 3.8) is 0 Å². The molecule has 0 saturated heterocycles. The summed E-state index contributed by atoms with van der Waals surface area (Å²) in [6.07, 6.45) is 0.187. The summed E-state index contributed by atoms with van der Waals surface area (Å²) in [5.41, 5.74) is 1.01. The molecule has 1 rings (SSSR count). The molecule has 2 heteroatoms. The molecule has 0 heterocycles. The first-order chi connectivity index (χ1) is 6.11. The van der Waals surface area contributed by atoms with Crippen LogP contribution in [0, 0.1) is 0 Å². The molecule has 0 unspecified atom stereocenters. The highest BCUT2D eigenvalue weighted by atomic mass is 28.1. The minimum Gasteiger partial charge on any atom is -0.490 e. The van der Waals surface area contributed by atoms with Crippen LogP contribution >= 0.6 is 0 Å². The summed E-state index contributed by atoms with van der Waals surface area (Å²) in [5, 5.41) is 0.844. The Balaban J connectivity index is 2.98. The van der Waals surface area contributed by atoms with Gasteiger partial charge in [-0.2, -0.15) is 0 Å². The number of ether oxygens (including phenoxy) is 1. The fourth-order valence-electron chi connectivity index (χ4n) is 1.07. The first kappa shape index (κ1) is 10.1. The summed E-state index contributed by atoms with van der Waals surface area (Å²) in [6, 6.07) is 7.85. The Hall–Kier alpha value is -1.02. The van der Waals surface area contributed by atoms with Crippen molar-refractivity contribution in [2.75, 3.05) is 0 Å². The van der Waals surface area contributed by atoms with Crippen LogP contribution in [0.2, 0.25) is 0 Å². The minimum absolute atomic E-state index is 0.187. The van der Waals surface area contributed by atoms with E-state index >= 15 is 0 Å². The molecule has 0 bridgehead atoms. The van der Waals surface area contributed by atoms with Crippen molar-refractivity contribution in [1.82, 2.24) is 0 Å². The fourth-order valence-corrected chi connectivity index (χ4v) is 1.28. The average molecular weight is 189 g/mol. The predicted octanol–water partition coefficient (Wildman–Crippen LogP) is 2.61. The molecular formula is C11H13OSi. The Bertz CT molecular complexity index is 305. The van der Waals surface area contributed by atoms with E-state index in [1.165, 1.54) is 0 Å². The lowest BCUT2D eigenvalue weighted by atomic mass is 10.2. The van der Waals surface area contributed by atoms with E-state index in [1.807, 2.05) is 38.1 Å². The summed E-state index contributed by atoms with van der Waals surface area (Å²) in [6.45, 7) is 7.84. The maximum absolute atomic E-state index is 5.61. The van der Waals surface area contributed by atoms with Crippen LogP contribution in [0.25, 0.3) is 5.20 Å². The van der Waals surface area contributed by atoms with Crippen LogP contribution in [-0.4, -0.2) is 16.3 Å². The van der Waals surface area contributed by atoms with E-state index in [0.717, 1.165) is 16.5 Å². The molecule has 1 aromatic rings. The van der Waals surface area contributed by atoms with Crippen LogP contribution in [0.5, 0.6) is 5.75 Å². The standard InChI is InChI=1S/C11H13OSi/c1-8(2)12-11-7-5-4-6-10(11)9(3)13/h4-8H,3H2,1-2H3. The van der Waals surface area contributed by atoms with Gasteiger partial charge in [-0.1, -0.05) is 30.0 Å². The van der Waals surface area contributed by atoms with Gasteiger partial charge in [-0.15, -0.1) is 0 Å². The predicted molar refractivity (Wildman–Crippen MR) is 57.0 cm³/mol. The maximum Gasteiger partial charge on any atom is 0.126 e. The number of hydrogen-bond donors (Lipinski definition) is 0. The molecule has 0 fully saturated rings. The van der Waals surface area contributed by atoms with Crippen molar-refractivity contribution in [1.29, 1.82) is 0 Å². The van der Waals surface area contributed by atoms with Gasteiger partial charge in [0.05, 0.1) is 16.3 Å². The summed E-state index contributed by atoms with van der Waals surface area (Å²) >= 11 is 0. The van der Waals surface area contributed by atoms with Gasteiger partial charge in [-0.25, -0.2) is 0 Å². The van der Waals surface area contributed by atoms with Gasteiger partial charge in [0.1, 0.15) is 5.75 Å². The van der Waals surface area contributed by atoms with Crippen LogP contribution in [0.4, 0.5) is 0 Å². The molecule has 0 atom stereocenters. The summed E-state index contributed by atoms with van der Waals surface area (Å²) in [7, 11) is 3.40. The molecule has 0 aromatic heterocycles. The van der Waals surface area contributed by atoms with Crippen LogP contribution in [0.3, 0.4) is 0 Å². The summed E-state index contributed by atoms with van der Waals surface area (Å²) < 4.78 is 5.61. The van der Waals surface area contributed by atoms with Crippen molar-refractivity contribution < 1.29 is 4.74 Å². The summed E-state index contributed by atoms with van der Waals surface area (Å²) in [5.74, 6) is 0.873. The molecule has 0 spiro atoms. The van der Waals surface area contributed by atoms with Crippen molar-refractivity contribution in [2.24, 2.45) is 0 Å². The van der Waals surface area contributed by atoms with Gasteiger partial charge >= 0.3 is 0 Å². The Labute approximate surface area is 82.9 Å². The second kappa shape index (κ2) is 4.28. The zero-order chi connectivity index (χ0) is 9.84. The Morgan fingerprint density at radius 1 is 1.38 bits per heavy atom. The number of hydrogen-bond acceptors (Lipinski definition) is 1. The van der Waals surface area contributed by atoms with Gasteiger partial charge in [-0.3, -0.25) is 0 Å². The van der Waals surface area contributed by atoms with Crippen LogP contribution in [0.1, 0.15) is 19.4 Å². The van der Waals surface area contributed by atoms with E-state index in [9.17, 15) is 0 Å².